The second-order valence-corrected chi connectivity index (χ2v) is 2.16. The molecule has 0 saturated heterocycles. The smallest absolute Gasteiger partial charge is 0.0397 e. The molecule has 0 saturated carbocycles. The minimum Gasteiger partial charge on any atom is -0.266 e. The second-order valence-electron chi connectivity index (χ2n) is 2.16. The van der Waals surface area contributed by atoms with Crippen LogP contribution in [-0.2, 0) is 0 Å². The highest BCUT2D eigenvalue weighted by Gasteiger charge is 1.86. The summed E-state index contributed by atoms with van der Waals surface area (Å²) in [6.45, 7) is 12.0. The first-order valence-electron chi connectivity index (χ1n) is 4.51. The summed E-state index contributed by atoms with van der Waals surface area (Å²) >= 11 is 0. The second kappa shape index (κ2) is 10.2. The van der Waals surface area contributed by atoms with Crippen LogP contribution < -0.4 is 0 Å². The van der Waals surface area contributed by atoms with Gasteiger partial charge in [0.05, 0.1) is 0 Å². The van der Waals surface area contributed by atoms with Crippen molar-refractivity contribution in [3.8, 4) is 0 Å². The molecule has 1 nitrogen and oxygen atoms in total. The summed E-state index contributed by atoms with van der Waals surface area (Å²) in [5.74, 6) is 0. The van der Waals surface area contributed by atoms with Crippen LogP contribution in [0.3, 0.4) is 0 Å². The van der Waals surface area contributed by atoms with Crippen molar-refractivity contribution >= 4 is 6.21 Å². The van der Waals surface area contributed by atoms with E-state index >= 15 is 0 Å². The predicted molar refractivity (Wildman–Crippen MR) is 58.7 cm³/mol. The fourth-order valence-electron chi connectivity index (χ4n) is 0.666. The van der Waals surface area contributed by atoms with Crippen LogP contribution in [0.25, 0.3) is 0 Å². The zero-order valence-corrected chi connectivity index (χ0v) is 9.18. The van der Waals surface area contributed by atoms with Crippen molar-refractivity contribution in [3.63, 3.8) is 0 Å². The summed E-state index contributed by atoms with van der Waals surface area (Å²) < 4.78 is 0. The Morgan fingerprint density at radius 1 is 1.08 bits per heavy atom. The molecule has 0 aromatic rings. The van der Waals surface area contributed by atoms with Crippen molar-refractivity contribution in [2.24, 2.45) is 4.99 Å². The molecule has 1 heteroatoms. The molecule has 12 heavy (non-hydrogen) atoms. The Morgan fingerprint density at radius 3 is 1.92 bits per heavy atom. The summed E-state index contributed by atoms with van der Waals surface area (Å²) in [6, 6.07) is 0. The predicted octanol–water partition coefficient (Wildman–Crippen LogP) is 3.97. The fourth-order valence-corrected chi connectivity index (χ4v) is 0.666. The van der Waals surface area contributed by atoms with Gasteiger partial charge in [0, 0.05) is 11.9 Å². The summed E-state index contributed by atoms with van der Waals surface area (Å²) in [4.78, 5) is 4.15. The molecule has 0 amide bonds. The van der Waals surface area contributed by atoms with Gasteiger partial charge in [-0.25, -0.2) is 0 Å². The standard InChI is InChI=1S/C9H15N.C2H6/c1-5-7-8(3)9(4)10-6-2;1-2/h5-7H,1-4H3;1-2H3/b7-5-,9-8-,10-6?;. The lowest BCUT2D eigenvalue weighted by Crippen LogP contribution is -1.75. The van der Waals surface area contributed by atoms with Crippen molar-refractivity contribution in [3.05, 3.63) is 23.4 Å². The van der Waals surface area contributed by atoms with Gasteiger partial charge in [0.25, 0.3) is 0 Å². The van der Waals surface area contributed by atoms with E-state index in [4.69, 9.17) is 0 Å². The Bertz CT molecular complexity index is 153. The molecule has 0 aromatic carbocycles. The van der Waals surface area contributed by atoms with E-state index in [0.29, 0.717) is 0 Å². The van der Waals surface area contributed by atoms with Gasteiger partial charge in [-0.3, -0.25) is 4.99 Å². The van der Waals surface area contributed by atoms with Gasteiger partial charge in [-0.05, 0) is 33.3 Å². The van der Waals surface area contributed by atoms with Crippen molar-refractivity contribution in [2.75, 3.05) is 0 Å². The number of aliphatic imine (C=N–C) groups is 1. The van der Waals surface area contributed by atoms with Crippen LogP contribution in [0.5, 0.6) is 0 Å². The van der Waals surface area contributed by atoms with Gasteiger partial charge in [-0.2, -0.15) is 0 Å². The van der Waals surface area contributed by atoms with Gasteiger partial charge in [-0.1, -0.05) is 26.0 Å². The number of hydrogen-bond acceptors (Lipinski definition) is 1. The van der Waals surface area contributed by atoms with Crippen molar-refractivity contribution in [1.29, 1.82) is 0 Å². The highest BCUT2D eigenvalue weighted by atomic mass is 14.7. The molecule has 0 N–H and O–H groups in total. The molecule has 0 spiro atoms. The van der Waals surface area contributed by atoms with Gasteiger partial charge < -0.3 is 0 Å². The van der Waals surface area contributed by atoms with Crippen LogP contribution in [0.1, 0.15) is 41.5 Å². The quantitative estimate of drug-likeness (QED) is 0.436. The lowest BCUT2D eigenvalue weighted by Gasteiger charge is -1.94. The molecule has 0 aromatic heterocycles. The third-order valence-electron chi connectivity index (χ3n) is 1.31. The van der Waals surface area contributed by atoms with Crippen LogP contribution in [-0.4, -0.2) is 6.21 Å². The largest absolute Gasteiger partial charge is 0.266 e. The first-order chi connectivity index (χ1) is 5.72. The zero-order chi connectivity index (χ0) is 9.98. The van der Waals surface area contributed by atoms with E-state index in [9.17, 15) is 0 Å². The van der Waals surface area contributed by atoms with Gasteiger partial charge in [0.15, 0.2) is 0 Å². The topological polar surface area (TPSA) is 12.4 Å². The molecule has 0 aliphatic carbocycles. The first-order valence-corrected chi connectivity index (χ1v) is 4.51. The average molecular weight is 167 g/mol. The molecule has 0 bridgehead atoms. The molecular weight excluding hydrogens is 146 g/mol. The van der Waals surface area contributed by atoms with Crippen molar-refractivity contribution < 1.29 is 0 Å². The highest BCUT2D eigenvalue weighted by Crippen LogP contribution is 2.04. The van der Waals surface area contributed by atoms with Crippen LogP contribution >= 0.6 is 0 Å². The number of rotatable bonds is 2. The zero-order valence-electron chi connectivity index (χ0n) is 9.18. The van der Waals surface area contributed by atoms with Crippen molar-refractivity contribution in [2.45, 2.75) is 41.5 Å². The van der Waals surface area contributed by atoms with Crippen LogP contribution in [0.4, 0.5) is 0 Å². The molecule has 0 rings (SSSR count). The van der Waals surface area contributed by atoms with E-state index in [1.54, 1.807) is 0 Å². The van der Waals surface area contributed by atoms with E-state index in [1.807, 2.05) is 46.9 Å². The summed E-state index contributed by atoms with van der Waals surface area (Å²) in [5, 5.41) is 0. The van der Waals surface area contributed by atoms with E-state index in [2.05, 4.69) is 18.0 Å². The lowest BCUT2D eigenvalue weighted by molar-refractivity contribution is 1.24. The molecular formula is C11H21N. The molecule has 0 fully saturated rings. The van der Waals surface area contributed by atoms with Crippen molar-refractivity contribution in [1.82, 2.24) is 0 Å². The Balaban J connectivity index is 0. The highest BCUT2D eigenvalue weighted by molar-refractivity contribution is 5.55. The number of hydrogen-bond donors (Lipinski definition) is 0. The molecule has 0 heterocycles. The third-order valence-corrected chi connectivity index (χ3v) is 1.31. The van der Waals surface area contributed by atoms with Gasteiger partial charge in [0.1, 0.15) is 0 Å². The maximum Gasteiger partial charge on any atom is 0.0397 e. The van der Waals surface area contributed by atoms with Gasteiger partial charge >= 0.3 is 0 Å². The van der Waals surface area contributed by atoms with E-state index in [-0.39, 0.29) is 0 Å². The van der Waals surface area contributed by atoms with Crippen LogP contribution in [0.2, 0.25) is 0 Å². The minimum atomic E-state index is 1.08. The lowest BCUT2D eigenvalue weighted by atomic mass is 10.2. The number of nitrogens with zero attached hydrogens (tertiary/aromatic N) is 1. The third kappa shape index (κ3) is 7.26. The van der Waals surface area contributed by atoms with E-state index in [0.717, 1.165) is 5.70 Å². The molecule has 70 valence electrons. The van der Waals surface area contributed by atoms with Gasteiger partial charge in [-0.15, -0.1) is 0 Å². The Labute approximate surface area is 76.9 Å². The fraction of sp³-hybridized carbons (Fsp3) is 0.545. The average Bonchev–Trinajstić information content (AvgIpc) is 2.09. The van der Waals surface area contributed by atoms with Crippen LogP contribution in [0.15, 0.2) is 28.4 Å². The Hall–Kier alpha value is -0.850. The monoisotopic (exact) mass is 167 g/mol. The molecule has 0 radical (unpaired) electrons. The van der Waals surface area contributed by atoms with E-state index < -0.39 is 0 Å². The maximum atomic E-state index is 4.15. The summed E-state index contributed by atoms with van der Waals surface area (Å²) in [5.41, 5.74) is 2.31. The first kappa shape index (κ1) is 13.7. The normalized spacial score (nSPS) is 12.8. The Kier molecular flexibility index (Phi) is 11.6. The van der Waals surface area contributed by atoms with Gasteiger partial charge in [0.2, 0.25) is 0 Å². The molecule has 0 atom stereocenters. The molecule has 0 aliphatic rings. The summed E-state index contributed by atoms with van der Waals surface area (Å²) in [7, 11) is 0. The number of allylic oxidation sites excluding steroid dienone is 4. The summed E-state index contributed by atoms with van der Waals surface area (Å²) in [6.07, 6.45) is 5.88. The Morgan fingerprint density at radius 2 is 1.58 bits per heavy atom. The molecule has 0 unspecified atom stereocenters. The maximum absolute atomic E-state index is 4.15. The van der Waals surface area contributed by atoms with Crippen LogP contribution in [0, 0.1) is 0 Å². The van der Waals surface area contributed by atoms with E-state index in [1.165, 1.54) is 5.57 Å². The minimum absolute atomic E-state index is 1.08. The SMILES string of the molecule is CC.CC=N/C(C)=C(C)\C=C/C. The molecule has 0 aliphatic heterocycles.